The third-order valence-corrected chi connectivity index (χ3v) is 2.06. The second-order valence-electron chi connectivity index (χ2n) is 3.32. The Bertz CT molecular complexity index is 342. The summed E-state index contributed by atoms with van der Waals surface area (Å²) >= 11 is 0. The van der Waals surface area contributed by atoms with Gasteiger partial charge in [0.1, 0.15) is 5.75 Å². The zero-order valence-corrected chi connectivity index (χ0v) is 8.81. The Labute approximate surface area is 89.9 Å². The predicted octanol–water partition coefficient (Wildman–Crippen LogP) is 2.42. The summed E-state index contributed by atoms with van der Waals surface area (Å²) in [4.78, 5) is 0. The molecule has 1 aromatic carbocycles. The fraction of sp³-hybridized carbons (Fsp3) is 0.417. The molecule has 80 valence electrons. The average molecular weight is 205 g/mol. The summed E-state index contributed by atoms with van der Waals surface area (Å²) in [5, 5.41) is 17.8. The fourth-order valence-electron chi connectivity index (χ4n) is 1.29. The molecule has 0 aliphatic heterocycles. The molecule has 0 fully saturated rings. The Morgan fingerprint density at radius 1 is 1.47 bits per heavy atom. The van der Waals surface area contributed by atoms with E-state index in [0.717, 1.165) is 5.56 Å². The number of hydrogen-bond donors (Lipinski definition) is 1. The topological polar surface area (TPSA) is 53.2 Å². The van der Waals surface area contributed by atoms with Crippen LogP contribution in [0.3, 0.4) is 0 Å². The summed E-state index contributed by atoms with van der Waals surface area (Å²) in [5.41, 5.74) is 0.787. The lowest BCUT2D eigenvalue weighted by Crippen LogP contribution is -2.01. The molecule has 0 heterocycles. The van der Waals surface area contributed by atoms with E-state index < -0.39 is 6.10 Å². The Hall–Kier alpha value is -1.53. The number of ether oxygens (including phenoxy) is 1. The van der Waals surface area contributed by atoms with Crippen LogP contribution in [0.4, 0.5) is 0 Å². The minimum absolute atomic E-state index is 0.497. The molecule has 1 atom stereocenters. The lowest BCUT2D eigenvalue weighted by Gasteiger charge is -2.12. The number of para-hydroxylation sites is 1. The molecule has 0 spiro atoms. The van der Waals surface area contributed by atoms with Gasteiger partial charge in [-0.3, -0.25) is 0 Å². The van der Waals surface area contributed by atoms with Crippen molar-refractivity contribution in [2.45, 2.75) is 25.9 Å². The van der Waals surface area contributed by atoms with E-state index in [-0.39, 0.29) is 0 Å². The van der Waals surface area contributed by atoms with E-state index >= 15 is 0 Å². The van der Waals surface area contributed by atoms with Crippen molar-refractivity contribution < 1.29 is 9.84 Å². The summed E-state index contributed by atoms with van der Waals surface area (Å²) in [7, 11) is 0. The van der Waals surface area contributed by atoms with Crippen molar-refractivity contribution in [2.75, 3.05) is 6.61 Å². The van der Waals surface area contributed by atoms with E-state index in [9.17, 15) is 5.11 Å². The van der Waals surface area contributed by atoms with Gasteiger partial charge in [0.2, 0.25) is 0 Å². The van der Waals surface area contributed by atoms with Gasteiger partial charge in [-0.25, -0.2) is 0 Å². The Morgan fingerprint density at radius 2 is 2.20 bits per heavy atom. The Morgan fingerprint density at radius 3 is 2.87 bits per heavy atom. The molecule has 0 amide bonds. The highest BCUT2D eigenvalue weighted by molar-refractivity contribution is 5.34. The van der Waals surface area contributed by atoms with Crippen molar-refractivity contribution in [3.63, 3.8) is 0 Å². The van der Waals surface area contributed by atoms with Gasteiger partial charge in [0.05, 0.1) is 18.8 Å². The van der Waals surface area contributed by atoms with Gasteiger partial charge < -0.3 is 9.84 Å². The van der Waals surface area contributed by atoms with Crippen LogP contribution in [0, 0.1) is 11.3 Å². The highest BCUT2D eigenvalue weighted by Crippen LogP contribution is 2.24. The van der Waals surface area contributed by atoms with Crippen LogP contribution in [0.2, 0.25) is 0 Å². The number of unbranched alkanes of at least 4 members (excludes halogenated alkanes) is 1. The number of nitriles is 1. The summed E-state index contributed by atoms with van der Waals surface area (Å²) in [6.45, 7) is 2.22. The van der Waals surface area contributed by atoms with Crippen LogP contribution in [0.15, 0.2) is 24.3 Å². The second kappa shape index (κ2) is 6.05. The van der Waals surface area contributed by atoms with Crippen LogP contribution < -0.4 is 4.74 Å². The molecule has 0 bridgehead atoms. The van der Waals surface area contributed by atoms with E-state index in [1.54, 1.807) is 6.92 Å². The number of benzene rings is 1. The standard InChI is InChI=1S/C12H15NO2/c1-10(14)11-6-2-3-7-12(11)15-9-5-4-8-13/h2-3,6-7,10,14H,4-5,9H2,1H3. The average Bonchev–Trinajstić information content (AvgIpc) is 2.25. The summed E-state index contributed by atoms with van der Waals surface area (Å²) in [6.07, 6.45) is 0.679. The van der Waals surface area contributed by atoms with Crippen LogP contribution in [0.25, 0.3) is 0 Å². The predicted molar refractivity (Wildman–Crippen MR) is 57.4 cm³/mol. The summed E-state index contributed by atoms with van der Waals surface area (Å²) in [6, 6.07) is 9.46. The van der Waals surface area contributed by atoms with Gasteiger partial charge >= 0.3 is 0 Å². The normalized spacial score (nSPS) is 11.8. The van der Waals surface area contributed by atoms with Crippen molar-refractivity contribution in [1.82, 2.24) is 0 Å². The molecular formula is C12H15NO2. The first-order valence-electron chi connectivity index (χ1n) is 5.02. The third kappa shape index (κ3) is 3.61. The van der Waals surface area contributed by atoms with Crippen LogP contribution >= 0.6 is 0 Å². The zero-order chi connectivity index (χ0) is 11.1. The van der Waals surface area contributed by atoms with Gasteiger partial charge in [-0.2, -0.15) is 5.26 Å². The molecule has 0 aliphatic carbocycles. The van der Waals surface area contributed by atoms with E-state index in [4.69, 9.17) is 10.00 Å². The minimum atomic E-state index is -0.530. The molecule has 0 radical (unpaired) electrons. The SMILES string of the molecule is CC(O)c1ccccc1OCCCC#N. The molecule has 1 unspecified atom stereocenters. The van der Waals surface area contributed by atoms with Crippen molar-refractivity contribution in [3.8, 4) is 11.8 Å². The Balaban J connectivity index is 2.56. The smallest absolute Gasteiger partial charge is 0.125 e. The zero-order valence-electron chi connectivity index (χ0n) is 8.81. The van der Waals surface area contributed by atoms with E-state index in [0.29, 0.717) is 25.2 Å². The van der Waals surface area contributed by atoms with Gasteiger partial charge in [0.15, 0.2) is 0 Å². The van der Waals surface area contributed by atoms with Crippen LogP contribution in [-0.2, 0) is 0 Å². The molecule has 0 saturated heterocycles. The molecule has 1 rings (SSSR count). The first-order chi connectivity index (χ1) is 7.25. The lowest BCUT2D eigenvalue weighted by molar-refractivity contribution is 0.191. The fourth-order valence-corrected chi connectivity index (χ4v) is 1.29. The quantitative estimate of drug-likeness (QED) is 0.751. The maximum absolute atomic E-state index is 9.47. The van der Waals surface area contributed by atoms with Crippen molar-refractivity contribution in [2.24, 2.45) is 0 Å². The van der Waals surface area contributed by atoms with Gasteiger partial charge in [-0.05, 0) is 19.4 Å². The largest absolute Gasteiger partial charge is 0.493 e. The number of aliphatic hydroxyl groups excluding tert-OH is 1. The van der Waals surface area contributed by atoms with Gasteiger partial charge in [-0.15, -0.1) is 0 Å². The second-order valence-corrected chi connectivity index (χ2v) is 3.32. The molecule has 0 aromatic heterocycles. The number of hydrogen-bond acceptors (Lipinski definition) is 3. The monoisotopic (exact) mass is 205 g/mol. The molecule has 0 aliphatic rings. The number of aliphatic hydroxyl groups is 1. The van der Waals surface area contributed by atoms with Crippen molar-refractivity contribution in [3.05, 3.63) is 29.8 Å². The van der Waals surface area contributed by atoms with Gasteiger partial charge in [0.25, 0.3) is 0 Å². The van der Waals surface area contributed by atoms with E-state index in [1.165, 1.54) is 0 Å². The molecule has 1 aromatic rings. The molecule has 3 nitrogen and oxygen atoms in total. The first kappa shape index (κ1) is 11.5. The highest BCUT2D eigenvalue weighted by atomic mass is 16.5. The minimum Gasteiger partial charge on any atom is -0.493 e. The highest BCUT2D eigenvalue weighted by Gasteiger charge is 2.07. The summed E-state index contributed by atoms with van der Waals surface area (Å²) < 4.78 is 5.49. The van der Waals surface area contributed by atoms with Crippen LogP contribution in [0.5, 0.6) is 5.75 Å². The molecular weight excluding hydrogens is 190 g/mol. The molecule has 1 N–H and O–H groups in total. The summed E-state index contributed by atoms with van der Waals surface area (Å²) in [5.74, 6) is 0.699. The molecule has 3 heteroatoms. The molecule has 15 heavy (non-hydrogen) atoms. The maximum Gasteiger partial charge on any atom is 0.125 e. The number of rotatable bonds is 5. The van der Waals surface area contributed by atoms with Crippen molar-refractivity contribution in [1.29, 1.82) is 5.26 Å². The lowest BCUT2D eigenvalue weighted by atomic mass is 10.1. The van der Waals surface area contributed by atoms with Gasteiger partial charge in [-0.1, -0.05) is 18.2 Å². The maximum atomic E-state index is 9.47. The van der Waals surface area contributed by atoms with Crippen LogP contribution in [0.1, 0.15) is 31.4 Å². The number of nitrogens with zero attached hydrogens (tertiary/aromatic N) is 1. The van der Waals surface area contributed by atoms with E-state index in [2.05, 4.69) is 6.07 Å². The molecule has 0 saturated carbocycles. The van der Waals surface area contributed by atoms with Gasteiger partial charge in [0, 0.05) is 12.0 Å². The van der Waals surface area contributed by atoms with Crippen LogP contribution in [-0.4, -0.2) is 11.7 Å². The third-order valence-electron chi connectivity index (χ3n) is 2.06. The Kier molecular flexibility index (Phi) is 4.65. The van der Waals surface area contributed by atoms with E-state index in [1.807, 2.05) is 24.3 Å². The van der Waals surface area contributed by atoms with Crippen molar-refractivity contribution >= 4 is 0 Å². The first-order valence-corrected chi connectivity index (χ1v) is 5.02.